The first kappa shape index (κ1) is 16.5. The molecule has 0 unspecified atom stereocenters. The molecule has 0 aliphatic heterocycles. The van der Waals surface area contributed by atoms with Gasteiger partial charge in [0.2, 0.25) is 0 Å². The Bertz CT molecular complexity index is 467. The van der Waals surface area contributed by atoms with E-state index in [0.29, 0.717) is 17.6 Å². The van der Waals surface area contributed by atoms with E-state index < -0.39 is 12.7 Å². The second kappa shape index (κ2) is 6.52. The van der Waals surface area contributed by atoms with Crippen LogP contribution in [0.1, 0.15) is 50.1 Å². The normalized spacial score (nSPS) is 15.8. The minimum Gasteiger partial charge on any atom is -0.337 e. The van der Waals surface area contributed by atoms with E-state index in [9.17, 15) is 13.2 Å². The van der Waals surface area contributed by atoms with Gasteiger partial charge in [-0.25, -0.2) is 4.98 Å². The summed E-state index contributed by atoms with van der Waals surface area (Å²) < 4.78 is 38.3. The monoisotopic (exact) mass is 321 g/mol. The van der Waals surface area contributed by atoms with Gasteiger partial charge in [0.25, 0.3) is 0 Å². The number of halogens is 3. The molecule has 0 spiro atoms. The molecule has 7 heteroatoms. The lowest BCUT2D eigenvalue weighted by molar-refractivity contribution is -0.120. The van der Waals surface area contributed by atoms with E-state index in [2.05, 4.69) is 10.3 Å². The van der Waals surface area contributed by atoms with Crippen molar-refractivity contribution in [1.29, 1.82) is 0 Å². The summed E-state index contributed by atoms with van der Waals surface area (Å²) in [5.41, 5.74) is 1.00. The highest BCUT2D eigenvalue weighted by Gasteiger charge is 2.35. The average molecular weight is 321 g/mol. The highest BCUT2D eigenvalue weighted by molar-refractivity contribution is 7.15. The zero-order chi connectivity index (χ0) is 15.6. The van der Waals surface area contributed by atoms with Crippen LogP contribution in [-0.4, -0.2) is 30.3 Å². The smallest absolute Gasteiger partial charge is 0.337 e. The third kappa shape index (κ3) is 4.57. The van der Waals surface area contributed by atoms with E-state index in [1.807, 2.05) is 6.92 Å². The minimum absolute atomic E-state index is 0.225. The fourth-order valence-corrected chi connectivity index (χ4v) is 3.43. The molecule has 1 saturated carbocycles. The Morgan fingerprint density at radius 1 is 1.38 bits per heavy atom. The molecule has 1 aromatic rings. The molecule has 0 bridgehead atoms. The summed E-state index contributed by atoms with van der Waals surface area (Å²) in [6.07, 6.45) is -2.01. The number of nitrogens with zero attached hydrogens (tertiary/aromatic N) is 2. The maximum atomic E-state index is 12.8. The van der Waals surface area contributed by atoms with Crippen molar-refractivity contribution in [2.24, 2.45) is 0 Å². The SMILES string of the molecule is CCNCc1sc(N(CC(F)(F)F)C(C)C)nc1C1CC1. The molecule has 1 N–H and O–H groups in total. The maximum Gasteiger partial charge on any atom is 0.406 e. The Morgan fingerprint density at radius 2 is 2.05 bits per heavy atom. The lowest BCUT2D eigenvalue weighted by Gasteiger charge is -2.27. The van der Waals surface area contributed by atoms with Gasteiger partial charge in [-0.05, 0) is 33.2 Å². The van der Waals surface area contributed by atoms with Crippen molar-refractivity contribution < 1.29 is 13.2 Å². The summed E-state index contributed by atoms with van der Waals surface area (Å²) in [6.45, 7) is 6.15. The second-order valence-corrected chi connectivity index (χ2v) is 6.76. The second-order valence-electron chi connectivity index (χ2n) is 5.70. The summed E-state index contributed by atoms with van der Waals surface area (Å²) in [7, 11) is 0. The number of hydrogen-bond acceptors (Lipinski definition) is 4. The molecule has 1 fully saturated rings. The van der Waals surface area contributed by atoms with Gasteiger partial charge in [0.05, 0.1) is 5.69 Å². The molecule has 0 atom stereocenters. The predicted molar refractivity (Wildman–Crippen MR) is 80.0 cm³/mol. The molecule has 3 nitrogen and oxygen atoms in total. The molecule has 0 saturated heterocycles. The first-order chi connectivity index (χ1) is 9.81. The number of nitrogens with one attached hydrogen (secondary N) is 1. The van der Waals surface area contributed by atoms with E-state index in [1.54, 1.807) is 13.8 Å². The van der Waals surface area contributed by atoms with Crippen molar-refractivity contribution in [3.63, 3.8) is 0 Å². The summed E-state index contributed by atoms with van der Waals surface area (Å²) in [5, 5.41) is 3.74. The molecule has 1 aliphatic rings. The van der Waals surface area contributed by atoms with Crippen LogP contribution in [-0.2, 0) is 6.54 Å². The van der Waals surface area contributed by atoms with Crippen LogP contribution in [0.3, 0.4) is 0 Å². The standard InChI is InChI=1S/C14H22F3N3S/c1-4-18-7-11-12(10-5-6-10)19-13(21-11)20(9(2)3)8-14(15,16)17/h9-10,18H,4-8H2,1-3H3. The largest absolute Gasteiger partial charge is 0.406 e. The first-order valence-electron chi connectivity index (χ1n) is 7.35. The Hall–Kier alpha value is -0.820. The Morgan fingerprint density at radius 3 is 2.52 bits per heavy atom. The number of rotatable bonds is 7. The van der Waals surface area contributed by atoms with Crippen LogP contribution >= 0.6 is 11.3 Å². The molecular formula is C14H22F3N3S. The summed E-state index contributed by atoms with van der Waals surface area (Å²) in [4.78, 5) is 6.97. The van der Waals surface area contributed by atoms with Gasteiger partial charge >= 0.3 is 6.18 Å². The number of aromatic nitrogens is 1. The van der Waals surface area contributed by atoms with E-state index in [4.69, 9.17) is 0 Å². The topological polar surface area (TPSA) is 28.2 Å². The van der Waals surface area contributed by atoms with Gasteiger partial charge in [0.15, 0.2) is 5.13 Å². The zero-order valence-corrected chi connectivity index (χ0v) is 13.4. The van der Waals surface area contributed by atoms with Gasteiger partial charge in [-0.1, -0.05) is 6.92 Å². The highest BCUT2D eigenvalue weighted by Crippen LogP contribution is 2.44. The zero-order valence-electron chi connectivity index (χ0n) is 12.6. The Balaban J connectivity index is 2.23. The van der Waals surface area contributed by atoms with Gasteiger partial charge < -0.3 is 10.2 Å². The molecule has 1 aromatic heterocycles. The van der Waals surface area contributed by atoms with Gasteiger partial charge in [0, 0.05) is 23.4 Å². The van der Waals surface area contributed by atoms with Crippen LogP contribution in [0.25, 0.3) is 0 Å². The van der Waals surface area contributed by atoms with E-state index in [1.165, 1.54) is 16.2 Å². The Kier molecular flexibility index (Phi) is 5.14. The van der Waals surface area contributed by atoms with Crippen LogP contribution in [0.15, 0.2) is 0 Å². The van der Waals surface area contributed by atoms with Crippen LogP contribution < -0.4 is 10.2 Å². The highest BCUT2D eigenvalue weighted by atomic mass is 32.1. The predicted octanol–water partition coefficient (Wildman–Crippen LogP) is 3.91. The first-order valence-corrected chi connectivity index (χ1v) is 8.17. The molecule has 1 aliphatic carbocycles. The van der Waals surface area contributed by atoms with E-state index in [-0.39, 0.29) is 6.04 Å². The van der Waals surface area contributed by atoms with E-state index >= 15 is 0 Å². The molecule has 21 heavy (non-hydrogen) atoms. The molecule has 0 aromatic carbocycles. The fourth-order valence-electron chi connectivity index (χ4n) is 2.18. The Labute approximate surface area is 127 Å². The van der Waals surface area contributed by atoms with Gasteiger partial charge in [-0.15, -0.1) is 11.3 Å². The quantitative estimate of drug-likeness (QED) is 0.825. The third-order valence-corrected chi connectivity index (χ3v) is 4.54. The van der Waals surface area contributed by atoms with Gasteiger partial charge in [0.1, 0.15) is 6.54 Å². The van der Waals surface area contributed by atoms with Crippen LogP contribution in [0.5, 0.6) is 0 Å². The van der Waals surface area contributed by atoms with Crippen molar-refractivity contribution in [1.82, 2.24) is 10.3 Å². The molecular weight excluding hydrogens is 299 g/mol. The van der Waals surface area contributed by atoms with Crippen LogP contribution in [0.2, 0.25) is 0 Å². The molecule has 1 heterocycles. The lowest BCUT2D eigenvalue weighted by Crippen LogP contribution is -2.39. The van der Waals surface area contributed by atoms with Crippen LogP contribution in [0.4, 0.5) is 18.3 Å². The number of thiazole rings is 1. The summed E-state index contributed by atoms with van der Waals surface area (Å²) in [6, 6.07) is -0.225. The molecule has 0 radical (unpaired) electrons. The minimum atomic E-state index is -4.21. The number of anilines is 1. The summed E-state index contributed by atoms with van der Waals surface area (Å²) >= 11 is 1.40. The van der Waals surface area contributed by atoms with E-state index in [0.717, 1.165) is 30.0 Å². The average Bonchev–Trinajstić information content (AvgIpc) is 3.13. The van der Waals surface area contributed by atoms with Crippen LogP contribution in [0, 0.1) is 0 Å². The van der Waals surface area contributed by atoms with Crippen molar-refractivity contribution in [3.05, 3.63) is 10.6 Å². The summed E-state index contributed by atoms with van der Waals surface area (Å²) in [5.74, 6) is 0.448. The number of alkyl halides is 3. The van der Waals surface area contributed by atoms with Crippen molar-refractivity contribution in [2.75, 3.05) is 18.0 Å². The van der Waals surface area contributed by atoms with Gasteiger partial charge in [-0.2, -0.15) is 13.2 Å². The molecule has 2 rings (SSSR count). The van der Waals surface area contributed by atoms with Crippen molar-refractivity contribution >= 4 is 16.5 Å². The van der Waals surface area contributed by atoms with Gasteiger partial charge in [-0.3, -0.25) is 0 Å². The molecule has 120 valence electrons. The van der Waals surface area contributed by atoms with Crippen molar-refractivity contribution in [2.45, 2.75) is 58.3 Å². The molecule has 0 amide bonds. The lowest BCUT2D eigenvalue weighted by atomic mass is 10.2. The van der Waals surface area contributed by atoms with Crippen molar-refractivity contribution in [3.8, 4) is 0 Å². The maximum absolute atomic E-state index is 12.8. The third-order valence-electron chi connectivity index (χ3n) is 3.43. The number of hydrogen-bond donors (Lipinski definition) is 1. The fraction of sp³-hybridized carbons (Fsp3) is 0.786.